The Balaban J connectivity index is 0. The van der Waals surface area contributed by atoms with Gasteiger partial charge in [0, 0.05) is 11.7 Å². The number of halogens is 6. The molecule has 1 aliphatic heterocycles. The van der Waals surface area contributed by atoms with Crippen molar-refractivity contribution in [3.05, 3.63) is 0 Å². The zero-order chi connectivity index (χ0) is 15.3. The van der Waals surface area contributed by atoms with Crippen LogP contribution < -0.4 is 6.15 Å². The highest BCUT2D eigenvalue weighted by atomic mass is 19.3. The summed E-state index contributed by atoms with van der Waals surface area (Å²) in [5, 5.41) is -2.01. The standard InChI is InChI=1S/C9H14F6N2.C2H6.H3N/c1-2-3-4-5-6-16-7(10)8(11,12)17(15)9(16,13)14;1-2;/h7H,2-6H2,1H3;1-2H3;1H3. The van der Waals surface area contributed by atoms with Crippen molar-refractivity contribution in [3.8, 4) is 0 Å². The van der Waals surface area contributed by atoms with Gasteiger partial charge in [0.25, 0.3) is 0 Å². The van der Waals surface area contributed by atoms with E-state index in [2.05, 4.69) is 0 Å². The number of hydrogen-bond acceptors (Lipinski definition) is 3. The number of hydrogen-bond donors (Lipinski definition) is 1. The molecule has 3 nitrogen and oxygen atoms in total. The fourth-order valence-electron chi connectivity index (χ4n) is 1.67. The van der Waals surface area contributed by atoms with Gasteiger partial charge in [0.2, 0.25) is 6.30 Å². The maximum atomic E-state index is 13.0. The first-order valence-corrected chi connectivity index (χ1v) is 6.38. The van der Waals surface area contributed by atoms with Crippen molar-refractivity contribution < 1.29 is 26.4 Å². The van der Waals surface area contributed by atoms with Crippen LogP contribution in [0, 0.1) is 0 Å². The lowest BCUT2D eigenvalue weighted by atomic mass is 10.2. The van der Waals surface area contributed by atoms with Crippen LogP contribution in [0.5, 0.6) is 0 Å². The lowest BCUT2D eigenvalue weighted by Gasteiger charge is -2.23. The minimum Gasteiger partial charge on any atom is -0.344 e. The monoisotopic (exact) mass is 311 g/mol. The van der Waals surface area contributed by atoms with Gasteiger partial charge in [0.1, 0.15) is 0 Å². The van der Waals surface area contributed by atoms with Crippen LogP contribution >= 0.6 is 0 Å². The molecule has 1 saturated heterocycles. The summed E-state index contributed by atoms with van der Waals surface area (Å²) >= 11 is 0. The van der Waals surface area contributed by atoms with E-state index in [1.807, 2.05) is 20.8 Å². The van der Waals surface area contributed by atoms with Gasteiger partial charge in [0.05, 0.1) is 0 Å². The first-order chi connectivity index (χ1) is 8.76. The van der Waals surface area contributed by atoms with E-state index in [9.17, 15) is 26.4 Å². The molecule has 0 aliphatic carbocycles. The average molecular weight is 311 g/mol. The molecule has 0 amide bonds. The van der Waals surface area contributed by atoms with E-state index in [1.165, 1.54) is 0 Å². The third-order valence-corrected chi connectivity index (χ3v) is 2.66. The number of nitrogens with zero attached hydrogens (tertiary/aromatic N) is 2. The van der Waals surface area contributed by atoms with Gasteiger partial charge in [-0.15, -0.1) is 4.48 Å². The van der Waals surface area contributed by atoms with Crippen LogP contribution in [0.4, 0.5) is 26.4 Å². The maximum absolute atomic E-state index is 13.0. The molecule has 1 fully saturated rings. The van der Waals surface area contributed by atoms with Gasteiger partial charge in [-0.2, -0.15) is 22.5 Å². The Bertz CT molecular complexity index is 265. The van der Waals surface area contributed by atoms with E-state index in [-0.39, 0.29) is 12.6 Å². The Kier molecular flexibility index (Phi) is 9.44. The summed E-state index contributed by atoms with van der Waals surface area (Å²) in [5.41, 5.74) is 0. The van der Waals surface area contributed by atoms with Gasteiger partial charge >= 0.3 is 12.2 Å². The minimum absolute atomic E-state index is 0. The van der Waals surface area contributed by atoms with Crippen LogP contribution in [0.3, 0.4) is 0 Å². The van der Waals surface area contributed by atoms with Crippen LogP contribution in [0.1, 0.15) is 46.5 Å². The SMILES string of the molecule is CC.CCCCCCN1C(F)C(F)(F)N(F)C1(F)F.N. The van der Waals surface area contributed by atoms with Gasteiger partial charge in [-0.25, -0.2) is 4.39 Å². The molecule has 1 aliphatic rings. The van der Waals surface area contributed by atoms with Crippen molar-refractivity contribution in [2.75, 3.05) is 6.54 Å². The molecule has 0 spiro atoms. The predicted molar refractivity (Wildman–Crippen MR) is 65.0 cm³/mol. The number of rotatable bonds is 5. The van der Waals surface area contributed by atoms with Crippen molar-refractivity contribution in [2.24, 2.45) is 0 Å². The van der Waals surface area contributed by atoms with Gasteiger partial charge in [-0.3, -0.25) is 0 Å². The zero-order valence-electron chi connectivity index (χ0n) is 12.0. The van der Waals surface area contributed by atoms with E-state index in [4.69, 9.17) is 0 Å². The second-order valence-electron chi connectivity index (χ2n) is 3.97. The molecule has 0 radical (unpaired) electrons. The summed E-state index contributed by atoms with van der Waals surface area (Å²) in [6, 6.07) is -4.81. The molecule has 1 atom stereocenters. The van der Waals surface area contributed by atoms with Crippen LogP contribution in [-0.4, -0.2) is 35.1 Å². The molecule has 0 aromatic carbocycles. The average Bonchev–Trinajstić information content (AvgIpc) is 2.48. The third kappa shape index (κ3) is 4.23. The molecule has 1 unspecified atom stereocenters. The van der Waals surface area contributed by atoms with Crippen LogP contribution in [0.2, 0.25) is 0 Å². The first-order valence-electron chi connectivity index (χ1n) is 6.38. The van der Waals surface area contributed by atoms with Crippen molar-refractivity contribution in [2.45, 2.75) is 65.0 Å². The Morgan fingerprint density at radius 2 is 1.50 bits per heavy atom. The van der Waals surface area contributed by atoms with Crippen molar-refractivity contribution >= 4 is 0 Å². The third-order valence-electron chi connectivity index (χ3n) is 2.66. The highest BCUT2D eigenvalue weighted by molar-refractivity contribution is 4.88. The molecule has 9 heteroatoms. The van der Waals surface area contributed by atoms with E-state index in [0.717, 1.165) is 12.8 Å². The largest absolute Gasteiger partial charge is 0.402 e. The molecule has 0 saturated carbocycles. The first kappa shape index (κ1) is 21.8. The Hall–Kier alpha value is -0.540. The lowest BCUT2D eigenvalue weighted by molar-refractivity contribution is -0.337. The normalized spacial score (nSPS) is 24.8. The molecule has 1 heterocycles. The Labute approximate surface area is 115 Å². The molecular formula is C11H23F6N3. The van der Waals surface area contributed by atoms with Crippen LogP contribution in [0.15, 0.2) is 0 Å². The summed E-state index contributed by atoms with van der Waals surface area (Å²) in [7, 11) is 0. The second kappa shape index (κ2) is 8.68. The number of unbranched alkanes of at least 4 members (excludes halogenated alkanes) is 3. The molecule has 3 N–H and O–H groups in total. The van der Waals surface area contributed by atoms with Crippen molar-refractivity contribution in [3.63, 3.8) is 0 Å². The van der Waals surface area contributed by atoms with E-state index < -0.39 is 35.1 Å². The lowest BCUT2D eigenvalue weighted by Crippen LogP contribution is -2.44. The highest BCUT2D eigenvalue weighted by Gasteiger charge is 2.72. The van der Waals surface area contributed by atoms with Gasteiger partial charge in [-0.1, -0.05) is 40.0 Å². The topological polar surface area (TPSA) is 41.5 Å². The maximum Gasteiger partial charge on any atom is 0.402 e. The molecule has 0 aromatic rings. The van der Waals surface area contributed by atoms with Crippen molar-refractivity contribution in [1.29, 1.82) is 0 Å². The summed E-state index contributed by atoms with van der Waals surface area (Å²) in [6.07, 6.45) is -5.76. The summed E-state index contributed by atoms with van der Waals surface area (Å²) < 4.78 is 77.1. The zero-order valence-corrected chi connectivity index (χ0v) is 12.0. The van der Waals surface area contributed by atoms with Gasteiger partial charge < -0.3 is 6.15 Å². The Morgan fingerprint density at radius 1 is 1.00 bits per heavy atom. The van der Waals surface area contributed by atoms with Gasteiger partial charge in [0.15, 0.2) is 0 Å². The summed E-state index contributed by atoms with van der Waals surface area (Å²) in [4.78, 5) is -0.442. The van der Waals surface area contributed by atoms with E-state index >= 15 is 0 Å². The molecule has 0 aromatic heterocycles. The fraction of sp³-hybridized carbons (Fsp3) is 1.00. The summed E-state index contributed by atoms with van der Waals surface area (Å²) in [6.45, 7) is 5.27. The smallest absolute Gasteiger partial charge is 0.344 e. The predicted octanol–water partition coefficient (Wildman–Crippen LogP) is 4.70. The second-order valence-corrected chi connectivity index (χ2v) is 3.97. The molecule has 20 heavy (non-hydrogen) atoms. The molecule has 1 rings (SSSR count). The van der Waals surface area contributed by atoms with Crippen molar-refractivity contribution in [1.82, 2.24) is 16.2 Å². The highest BCUT2D eigenvalue weighted by Crippen LogP contribution is 2.47. The fourth-order valence-corrected chi connectivity index (χ4v) is 1.67. The number of alkyl halides is 5. The Morgan fingerprint density at radius 3 is 1.85 bits per heavy atom. The molecule has 124 valence electrons. The van der Waals surface area contributed by atoms with E-state index in [1.54, 1.807) is 0 Å². The summed E-state index contributed by atoms with van der Waals surface area (Å²) in [5.74, 6) is 0. The molecule has 0 bridgehead atoms. The van der Waals surface area contributed by atoms with Crippen LogP contribution in [0.25, 0.3) is 0 Å². The minimum atomic E-state index is -4.81. The quantitative estimate of drug-likeness (QED) is 0.346. The van der Waals surface area contributed by atoms with Gasteiger partial charge in [-0.05, 0) is 6.42 Å². The van der Waals surface area contributed by atoms with E-state index in [0.29, 0.717) is 6.42 Å². The molecular weight excluding hydrogens is 288 g/mol. The van der Waals surface area contributed by atoms with Crippen LogP contribution in [-0.2, 0) is 0 Å².